The van der Waals surface area contributed by atoms with E-state index in [-0.39, 0.29) is 6.04 Å². The summed E-state index contributed by atoms with van der Waals surface area (Å²) >= 11 is 6.23. The minimum Gasteiger partial charge on any atom is -0.492 e. The minimum absolute atomic E-state index is 0.143. The molecule has 1 unspecified atom stereocenters. The largest absolute Gasteiger partial charge is 0.492 e. The van der Waals surface area contributed by atoms with Gasteiger partial charge < -0.3 is 14.8 Å². The van der Waals surface area contributed by atoms with Gasteiger partial charge in [0.15, 0.2) is 0 Å². The highest BCUT2D eigenvalue weighted by Crippen LogP contribution is 2.32. The molecule has 3 rings (SSSR count). The Kier molecular flexibility index (Phi) is 4.32. The molecule has 21 heavy (non-hydrogen) atoms. The minimum atomic E-state index is 0.143. The Morgan fingerprint density at radius 2 is 2.14 bits per heavy atom. The van der Waals surface area contributed by atoms with E-state index in [9.17, 15) is 0 Å². The van der Waals surface area contributed by atoms with Crippen LogP contribution in [-0.2, 0) is 11.3 Å². The molecule has 2 aromatic rings. The summed E-state index contributed by atoms with van der Waals surface area (Å²) in [6.45, 7) is 3.88. The number of hydrogen-bond acceptors (Lipinski definition) is 3. The number of fused-ring (bicyclic) bond motifs is 1. The molecule has 0 fully saturated rings. The zero-order valence-corrected chi connectivity index (χ0v) is 12.7. The quantitative estimate of drug-likeness (QED) is 0.907. The maximum absolute atomic E-state index is 6.23. The van der Waals surface area contributed by atoms with Crippen molar-refractivity contribution in [2.24, 2.45) is 0 Å². The van der Waals surface area contributed by atoms with Gasteiger partial charge in [0.1, 0.15) is 5.75 Å². The first-order valence-corrected chi connectivity index (χ1v) is 7.50. The van der Waals surface area contributed by atoms with Crippen LogP contribution < -0.4 is 10.1 Å². The van der Waals surface area contributed by atoms with Crippen molar-refractivity contribution in [3.8, 4) is 5.75 Å². The second kappa shape index (κ2) is 6.37. The topological polar surface area (TPSA) is 30.5 Å². The van der Waals surface area contributed by atoms with Crippen LogP contribution in [0.15, 0.2) is 42.5 Å². The number of rotatable bonds is 4. The van der Waals surface area contributed by atoms with Crippen LogP contribution in [0.2, 0.25) is 5.02 Å². The van der Waals surface area contributed by atoms with Gasteiger partial charge in [-0.2, -0.15) is 0 Å². The van der Waals surface area contributed by atoms with Crippen LogP contribution in [0.5, 0.6) is 5.75 Å². The van der Waals surface area contributed by atoms with E-state index in [2.05, 4.69) is 23.5 Å². The zero-order chi connectivity index (χ0) is 14.7. The summed E-state index contributed by atoms with van der Waals surface area (Å²) in [5.74, 6) is 0.713. The number of nitrogens with one attached hydrogen (secondary N) is 1. The van der Waals surface area contributed by atoms with Crippen LogP contribution in [0.25, 0.3) is 0 Å². The van der Waals surface area contributed by atoms with Crippen LogP contribution in [0.1, 0.15) is 24.1 Å². The van der Waals surface area contributed by atoms with Gasteiger partial charge in [0.25, 0.3) is 0 Å². The summed E-state index contributed by atoms with van der Waals surface area (Å²) in [6.07, 6.45) is 0. The van der Waals surface area contributed by atoms with Gasteiger partial charge >= 0.3 is 0 Å². The number of halogens is 1. The normalized spacial score (nSPS) is 17.1. The lowest BCUT2D eigenvalue weighted by Crippen LogP contribution is -2.23. The van der Waals surface area contributed by atoms with E-state index in [1.807, 2.05) is 31.2 Å². The Morgan fingerprint density at radius 3 is 2.95 bits per heavy atom. The third-order valence-electron chi connectivity index (χ3n) is 3.55. The monoisotopic (exact) mass is 303 g/mol. The van der Waals surface area contributed by atoms with E-state index in [0.29, 0.717) is 30.6 Å². The summed E-state index contributed by atoms with van der Waals surface area (Å²) in [5.41, 5.74) is 3.49. The first kappa shape index (κ1) is 14.2. The van der Waals surface area contributed by atoms with E-state index >= 15 is 0 Å². The fraction of sp³-hybridized carbons (Fsp3) is 0.294. The average Bonchev–Trinajstić information content (AvgIpc) is 2.51. The fourth-order valence-electron chi connectivity index (χ4n) is 2.57. The molecule has 1 heterocycles. The highest BCUT2D eigenvalue weighted by atomic mass is 35.5. The van der Waals surface area contributed by atoms with Gasteiger partial charge in [-0.05, 0) is 36.2 Å². The molecule has 0 radical (unpaired) electrons. The number of ether oxygens (including phenoxy) is 2. The van der Waals surface area contributed by atoms with Crippen LogP contribution >= 0.6 is 11.6 Å². The molecule has 0 amide bonds. The van der Waals surface area contributed by atoms with E-state index in [4.69, 9.17) is 21.1 Å². The Hall–Kier alpha value is -1.71. The van der Waals surface area contributed by atoms with E-state index in [1.165, 1.54) is 11.1 Å². The van der Waals surface area contributed by atoms with E-state index < -0.39 is 0 Å². The smallest absolute Gasteiger partial charge is 0.138 e. The van der Waals surface area contributed by atoms with Crippen LogP contribution in [0.4, 0.5) is 5.69 Å². The van der Waals surface area contributed by atoms with Gasteiger partial charge in [0.2, 0.25) is 0 Å². The first-order chi connectivity index (χ1) is 10.3. The van der Waals surface area contributed by atoms with Crippen molar-refractivity contribution in [1.29, 1.82) is 0 Å². The molecule has 1 N–H and O–H groups in total. The Balaban J connectivity index is 1.80. The molecule has 1 aliphatic heterocycles. The second-order valence-corrected chi connectivity index (χ2v) is 5.40. The lowest BCUT2D eigenvalue weighted by Gasteiger charge is -2.27. The van der Waals surface area contributed by atoms with E-state index in [0.717, 1.165) is 5.69 Å². The molecule has 2 aromatic carbocycles. The Labute approximate surface area is 129 Å². The molecule has 0 saturated carbocycles. The SMILES string of the molecule is CCOc1ccc(NC2COCc3ccccc32)cc1Cl. The van der Waals surface area contributed by atoms with Crippen molar-refractivity contribution in [3.05, 3.63) is 58.6 Å². The summed E-state index contributed by atoms with van der Waals surface area (Å²) in [5, 5.41) is 4.10. The molecule has 0 bridgehead atoms. The standard InChI is InChI=1S/C17H18ClNO2/c1-2-21-17-8-7-13(9-15(17)18)19-16-11-20-10-12-5-3-4-6-14(12)16/h3-9,16,19H,2,10-11H2,1H3. The third kappa shape index (κ3) is 3.14. The zero-order valence-electron chi connectivity index (χ0n) is 11.9. The number of benzene rings is 2. The van der Waals surface area contributed by atoms with Crippen molar-refractivity contribution >= 4 is 17.3 Å². The van der Waals surface area contributed by atoms with Gasteiger partial charge in [-0.3, -0.25) is 0 Å². The highest BCUT2D eigenvalue weighted by Gasteiger charge is 2.20. The van der Waals surface area contributed by atoms with E-state index in [1.54, 1.807) is 0 Å². The molecule has 3 nitrogen and oxygen atoms in total. The van der Waals surface area contributed by atoms with Crippen LogP contribution in [0, 0.1) is 0 Å². The molecule has 0 aliphatic carbocycles. The first-order valence-electron chi connectivity index (χ1n) is 7.12. The van der Waals surface area contributed by atoms with Gasteiger partial charge in [0, 0.05) is 5.69 Å². The molecule has 0 spiro atoms. The van der Waals surface area contributed by atoms with Crippen LogP contribution in [0.3, 0.4) is 0 Å². The molecule has 110 valence electrons. The fourth-order valence-corrected chi connectivity index (χ4v) is 2.80. The summed E-state index contributed by atoms with van der Waals surface area (Å²) in [4.78, 5) is 0. The van der Waals surface area contributed by atoms with Crippen molar-refractivity contribution in [2.45, 2.75) is 19.6 Å². The predicted octanol–water partition coefficient (Wildman–Crippen LogP) is 4.42. The van der Waals surface area contributed by atoms with Gasteiger partial charge in [-0.1, -0.05) is 35.9 Å². The van der Waals surface area contributed by atoms with Crippen molar-refractivity contribution in [2.75, 3.05) is 18.5 Å². The molecule has 1 aliphatic rings. The molecule has 1 atom stereocenters. The number of anilines is 1. The lowest BCUT2D eigenvalue weighted by atomic mass is 9.99. The lowest BCUT2D eigenvalue weighted by molar-refractivity contribution is 0.0970. The maximum Gasteiger partial charge on any atom is 0.138 e. The maximum atomic E-state index is 6.23. The molecule has 0 aromatic heterocycles. The van der Waals surface area contributed by atoms with Crippen LogP contribution in [-0.4, -0.2) is 13.2 Å². The van der Waals surface area contributed by atoms with Crippen molar-refractivity contribution < 1.29 is 9.47 Å². The Morgan fingerprint density at radius 1 is 1.29 bits per heavy atom. The van der Waals surface area contributed by atoms with Gasteiger partial charge in [0.05, 0.1) is 30.9 Å². The number of hydrogen-bond donors (Lipinski definition) is 1. The average molecular weight is 304 g/mol. The Bertz CT molecular complexity index is 630. The third-order valence-corrected chi connectivity index (χ3v) is 3.84. The van der Waals surface area contributed by atoms with Crippen molar-refractivity contribution in [1.82, 2.24) is 0 Å². The molecular weight excluding hydrogens is 286 g/mol. The predicted molar refractivity (Wildman–Crippen MR) is 85.1 cm³/mol. The van der Waals surface area contributed by atoms with Gasteiger partial charge in [-0.25, -0.2) is 0 Å². The summed E-state index contributed by atoms with van der Waals surface area (Å²) in [6, 6.07) is 14.3. The summed E-state index contributed by atoms with van der Waals surface area (Å²) in [7, 11) is 0. The van der Waals surface area contributed by atoms with Gasteiger partial charge in [-0.15, -0.1) is 0 Å². The van der Waals surface area contributed by atoms with Crippen molar-refractivity contribution in [3.63, 3.8) is 0 Å². The molecule has 0 saturated heterocycles. The highest BCUT2D eigenvalue weighted by molar-refractivity contribution is 6.32. The molecule has 4 heteroatoms. The summed E-state index contributed by atoms with van der Waals surface area (Å²) < 4.78 is 11.1. The molecular formula is C17H18ClNO2. The second-order valence-electron chi connectivity index (χ2n) is 4.99.